The lowest BCUT2D eigenvalue weighted by atomic mass is 9.54. The van der Waals surface area contributed by atoms with Crippen molar-refractivity contribution in [3.05, 3.63) is 29.8 Å². The van der Waals surface area contributed by atoms with Crippen molar-refractivity contribution in [2.45, 2.75) is 77.5 Å². The Morgan fingerprint density at radius 1 is 1.08 bits per heavy atom. The van der Waals surface area contributed by atoms with Gasteiger partial charge in [-0.2, -0.15) is 0 Å². The van der Waals surface area contributed by atoms with Crippen LogP contribution in [-0.4, -0.2) is 19.7 Å². The fourth-order valence-electron chi connectivity index (χ4n) is 3.29. The molecule has 1 atom stereocenters. The molecule has 1 saturated heterocycles. The Kier molecular flexibility index (Phi) is 5.80. The smallest absolute Gasteiger partial charge is 0.237 e. The minimum absolute atomic E-state index is 0.00719. The second kappa shape index (κ2) is 7.35. The zero-order valence-electron chi connectivity index (χ0n) is 16.7. The van der Waals surface area contributed by atoms with Crippen LogP contribution in [0.5, 0.6) is 0 Å². The highest BCUT2D eigenvalue weighted by Gasteiger charge is 2.39. The van der Waals surface area contributed by atoms with Crippen LogP contribution in [0, 0.1) is 5.92 Å². The summed E-state index contributed by atoms with van der Waals surface area (Å²) in [5.74, 6) is -0.219. The van der Waals surface area contributed by atoms with E-state index in [1.54, 1.807) is 0 Å². The van der Waals surface area contributed by atoms with Crippen molar-refractivity contribution in [3.63, 3.8) is 0 Å². The Hall–Kier alpha value is -1.58. The van der Waals surface area contributed by atoms with Gasteiger partial charge in [-0.1, -0.05) is 71.3 Å². The molecule has 136 valence electrons. The van der Waals surface area contributed by atoms with E-state index in [-0.39, 0.29) is 28.5 Å². The average molecular weight is 341 g/mol. The fourth-order valence-corrected chi connectivity index (χ4v) is 3.29. The molecule has 1 aliphatic rings. The quantitative estimate of drug-likeness (QED) is 0.422. The average Bonchev–Trinajstić information content (AvgIpc) is 2.81. The molecule has 0 spiro atoms. The zero-order chi connectivity index (χ0) is 18.8. The third-order valence-electron chi connectivity index (χ3n) is 6.12. The molecule has 1 unspecified atom stereocenters. The summed E-state index contributed by atoms with van der Waals surface area (Å²) < 4.78 is 0. The lowest BCUT2D eigenvalue weighted by Crippen LogP contribution is -2.32. The van der Waals surface area contributed by atoms with Gasteiger partial charge in [-0.25, -0.2) is 0 Å². The van der Waals surface area contributed by atoms with Crippen molar-refractivity contribution in [2.75, 3.05) is 4.90 Å². The lowest BCUT2D eigenvalue weighted by Gasteiger charge is -2.39. The molecule has 2 amide bonds. The van der Waals surface area contributed by atoms with Crippen molar-refractivity contribution < 1.29 is 9.59 Å². The maximum absolute atomic E-state index is 12.7. The number of carbonyl (C=O) groups is 2. The Balaban J connectivity index is 2.17. The predicted octanol–water partition coefficient (Wildman–Crippen LogP) is 4.26. The Labute approximate surface area is 153 Å². The van der Waals surface area contributed by atoms with E-state index in [9.17, 15) is 9.59 Å². The standard InChI is InChI=1S/C21H32BNO2/c1-6-7-8-9-15-14-18(24)23(19(15)25)17-12-10-16(11-13-17)20(2,3)21(4,5)22/h10-13,15H,6-9,14,22H2,1-5H3. The number of hydrogen-bond acceptors (Lipinski definition) is 2. The number of nitrogens with zero attached hydrogens (tertiary/aromatic N) is 1. The van der Waals surface area contributed by atoms with E-state index >= 15 is 0 Å². The van der Waals surface area contributed by atoms with Crippen molar-refractivity contribution in [1.82, 2.24) is 0 Å². The summed E-state index contributed by atoms with van der Waals surface area (Å²) in [6.07, 6.45) is 4.45. The summed E-state index contributed by atoms with van der Waals surface area (Å²) in [4.78, 5) is 26.4. The van der Waals surface area contributed by atoms with Gasteiger partial charge in [-0.05, 0) is 29.5 Å². The fraction of sp³-hybridized carbons (Fsp3) is 0.619. The summed E-state index contributed by atoms with van der Waals surface area (Å²) in [5.41, 5.74) is 1.94. The van der Waals surface area contributed by atoms with E-state index in [1.807, 2.05) is 12.1 Å². The molecule has 0 radical (unpaired) electrons. The molecule has 1 aromatic rings. The van der Waals surface area contributed by atoms with E-state index in [2.05, 4.69) is 54.6 Å². The summed E-state index contributed by atoms with van der Waals surface area (Å²) >= 11 is 0. The van der Waals surface area contributed by atoms with Gasteiger partial charge in [0, 0.05) is 12.3 Å². The first-order valence-electron chi connectivity index (χ1n) is 9.57. The molecule has 0 saturated carbocycles. The van der Waals surface area contributed by atoms with E-state index in [1.165, 1.54) is 10.5 Å². The summed E-state index contributed by atoms with van der Waals surface area (Å²) in [6.45, 7) is 11.1. The first-order valence-corrected chi connectivity index (χ1v) is 9.57. The molecule has 4 heteroatoms. The van der Waals surface area contributed by atoms with Gasteiger partial charge in [0.15, 0.2) is 0 Å². The molecule has 1 aliphatic heterocycles. The number of unbranched alkanes of at least 4 members (excludes halogenated alkanes) is 2. The van der Waals surface area contributed by atoms with Crippen LogP contribution in [0.4, 0.5) is 5.69 Å². The molecule has 25 heavy (non-hydrogen) atoms. The van der Waals surface area contributed by atoms with Gasteiger partial charge < -0.3 is 0 Å². The van der Waals surface area contributed by atoms with Crippen LogP contribution in [-0.2, 0) is 15.0 Å². The molecule has 1 fully saturated rings. The molecule has 0 N–H and O–H groups in total. The summed E-state index contributed by atoms with van der Waals surface area (Å²) in [7, 11) is 2.23. The Bertz CT molecular complexity index is 628. The van der Waals surface area contributed by atoms with Crippen LogP contribution in [0.25, 0.3) is 0 Å². The van der Waals surface area contributed by atoms with Crippen molar-refractivity contribution in [1.29, 1.82) is 0 Å². The molecule has 2 rings (SSSR count). The highest BCUT2D eigenvalue weighted by Crippen LogP contribution is 2.44. The van der Waals surface area contributed by atoms with Gasteiger partial charge in [0.25, 0.3) is 0 Å². The minimum Gasteiger partial charge on any atom is -0.274 e. The Morgan fingerprint density at radius 3 is 2.20 bits per heavy atom. The van der Waals surface area contributed by atoms with Crippen LogP contribution < -0.4 is 4.90 Å². The molecule has 1 heterocycles. The van der Waals surface area contributed by atoms with E-state index in [0.29, 0.717) is 12.1 Å². The first kappa shape index (κ1) is 19.7. The topological polar surface area (TPSA) is 37.4 Å². The maximum atomic E-state index is 12.7. The van der Waals surface area contributed by atoms with Crippen molar-refractivity contribution >= 4 is 25.3 Å². The normalized spacial score (nSPS) is 18.9. The number of benzene rings is 1. The molecule has 0 aliphatic carbocycles. The van der Waals surface area contributed by atoms with Crippen molar-refractivity contribution in [3.8, 4) is 0 Å². The number of carbonyl (C=O) groups excluding carboxylic acids is 2. The number of amides is 2. The van der Waals surface area contributed by atoms with E-state index in [0.717, 1.165) is 25.7 Å². The van der Waals surface area contributed by atoms with Gasteiger partial charge in [-0.15, -0.1) is 0 Å². The largest absolute Gasteiger partial charge is 0.274 e. The maximum Gasteiger partial charge on any atom is 0.237 e. The Morgan fingerprint density at radius 2 is 1.68 bits per heavy atom. The molecule has 3 nitrogen and oxygen atoms in total. The summed E-state index contributed by atoms with van der Waals surface area (Å²) in [5, 5.41) is 0.123. The minimum atomic E-state index is -0.134. The number of rotatable bonds is 7. The number of imide groups is 1. The molecular formula is C21H32BNO2. The molecule has 1 aromatic carbocycles. The van der Waals surface area contributed by atoms with Gasteiger partial charge in [0.1, 0.15) is 7.85 Å². The monoisotopic (exact) mass is 341 g/mol. The lowest BCUT2D eigenvalue weighted by molar-refractivity contribution is -0.122. The highest BCUT2D eigenvalue weighted by molar-refractivity contribution is 6.21. The first-order chi connectivity index (χ1) is 11.6. The van der Waals surface area contributed by atoms with Crippen molar-refractivity contribution in [2.24, 2.45) is 5.92 Å². The van der Waals surface area contributed by atoms with Gasteiger partial charge in [0.05, 0.1) is 5.69 Å². The molecule has 0 aromatic heterocycles. The second-order valence-electron chi connectivity index (χ2n) is 8.89. The predicted molar refractivity (Wildman–Crippen MR) is 107 cm³/mol. The SMILES string of the molecule is BC(C)(C)C(C)(C)c1ccc(N2C(=O)CC(CCCCC)C2=O)cc1. The number of hydrogen-bond donors (Lipinski definition) is 0. The van der Waals surface area contributed by atoms with E-state index in [4.69, 9.17) is 0 Å². The van der Waals surface area contributed by atoms with Crippen LogP contribution >= 0.6 is 0 Å². The second-order valence-corrected chi connectivity index (χ2v) is 8.89. The van der Waals surface area contributed by atoms with Gasteiger partial charge in [-0.3, -0.25) is 14.5 Å². The zero-order valence-corrected chi connectivity index (χ0v) is 16.7. The van der Waals surface area contributed by atoms with Gasteiger partial charge >= 0.3 is 0 Å². The number of anilines is 1. The van der Waals surface area contributed by atoms with Gasteiger partial charge in [0.2, 0.25) is 11.8 Å². The molecular weight excluding hydrogens is 309 g/mol. The van der Waals surface area contributed by atoms with Crippen LogP contribution in [0.3, 0.4) is 0 Å². The third kappa shape index (κ3) is 3.99. The summed E-state index contributed by atoms with van der Waals surface area (Å²) in [6, 6.07) is 7.97. The third-order valence-corrected chi connectivity index (χ3v) is 6.12. The van der Waals surface area contributed by atoms with Crippen LogP contribution in [0.15, 0.2) is 24.3 Å². The van der Waals surface area contributed by atoms with Crippen LogP contribution in [0.1, 0.15) is 72.3 Å². The highest BCUT2D eigenvalue weighted by atomic mass is 16.2. The molecule has 0 bridgehead atoms. The van der Waals surface area contributed by atoms with Crippen LogP contribution in [0.2, 0.25) is 5.31 Å². The van der Waals surface area contributed by atoms with E-state index < -0.39 is 0 Å².